The van der Waals surface area contributed by atoms with Gasteiger partial charge in [-0.1, -0.05) is 45.7 Å². The third-order valence-electron chi connectivity index (χ3n) is 3.06. The highest BCUT2D eigenvalue weighted by atomic mass is 79.9. The fourth-order valence-electron chi connectivity index (χ4n) is 2.04. The second kappa shape index (κ2) is 6.44. The number of nitrogens with one attached hydrogen (secondary N) is 1. The first-order chi connectivity index (χ1) is 9.04. The Morgan fingerprint density at radius 1 is 1.16 bits per heavy atom. The minimum absolute atomic E-state index is 0.370. The molecule has 0 amide bonds. The van der Waals surface area contributed by atoms with Crippen molar-refractivity contribution in [3.05, 3.63) is 63.1 Å². The number of hydrogen-bond acceptors (Lipinski definition) is 1. The van der Waals surface area contributed by atoms with Crippen LogP contribution in [0.15, 0.2) is 46.9 Å². The van der Waals surface area contributed by atoms with Gasteiger partial charge in [-0.3, -0.25) is 0 Å². The standard InChI is InChI=1S/C16H17BrClN/c1-11-3-6-14(17)10-16(11)19-12(2)9-13-4-7-15(18)8-5-13/h3-8,10,12,19H,9H2,1-2H3. The van der Waals surface area contributed by atoms with E-state index < -0.39 is 0 Å². The maximum absolute atomic E-state index is 5.90. The third-order valence-corrected chi connectivity index (χ3v) is 3.80. The highest BCUT2D eigenvalue weighted by Crippen LogP contribution is 2.22. The van der Waals surface area contributed by atoms with Gasteiger partial charge in [-0.25, -0.2) is 0 Å². The van der Waals surface area contributed by atoms with E-state index in [1.165, 1.54) is 16.8 Å². The average Bonchev–Trinajstić information content (AvgIpc) is 2.37. The first-order valence-electron chi connectivity index (χ1n) is 6.32. The Morgan fingerprint density at radius 2 is 1.84 bits per heavy atom. The molecule has 0 aliphatic rings. The molecule has 0 heterocycles. The fraction of sp³-hybridized carbons (Fsp3) is 0.250. The lowest BCUT2D eigenvalue weighted by Crippen LogP contribution is -2.18. The fourth-order valence-corrected chi connectivity index (χ4v) is 2.53. The molecule has 1 N–H and O–H groups in total. The van der Waals surface area contributed by atoms with Crippen LogP contribution in [0.5, 0.6) is 0 Å². The molecule has 0 fully saturated rings. The molecule has 1 atom stereocenters. The smallest absolute Gasteiger partial charge is 0.0406 e. The van der Waals surface area contributed by atoms with Crippen LogP contribution in [0, 0.1) is 6.92 Å². The molecule has 19 heavy (non-hydrogen) atoms. The normalized spacial score (nSPS) is 12.2. The third kappa shape index (κ3) is 4.26. The zero-order chi connectivity index (χ0) is 13.8. The molecule has 0 radical (unpaired) electrons. The van der Waals surface area contributed by atoms with Crippen LogP contribution >= 0.6 is 27.5 Å². The van der Waals surface area contributed by atoms with Crippen molar-refractivity contribution in [1.29, 1.82) is 0 Å². The Bertz CT molecular complexity index is 551. The molecule has 0 aliphatic heterocycles. The predicted octanol–water partition coefficient (Wildman–Crippen LogP) is 5.45. The quantitative estimate of drug-likeness (QED) is 0.781. The van der Waals surface area contributed by atoms with Gasteiger partial charge in [0.25, 0.3) is 0 Å². The summed E-state index contributed by atoms with van der Waals surface area (Å²) in [6, 6.07) is 14.7. The van der Waals surface area contributed by atoms with Crippen LogP contribution < -0.4 is 5.32 Å². The van der Waals surface area contributed by atoms with Gasteiger partial charge >= 0.3 is 0 Å². The Labute approximate surface area is 128 Å². The lowest BCUT2D eigenvalue weighted by Gasteiger charge is -2.17. The Hall–Kier alpha value is -0.990. The van der Waals surface area contributed by atoms with E-state index in [0.717, 1.165) is 15.9 Å². The van der Waals surface area contributed by atoms with E-state index in [9.17, 15) is 0 Å². The second-order valence-electron chi connectivity index (χ2n) is 4.84. The van der Waals surface area contributed by atoms with Gasteiger partial charge < -0.3 is 5.32 Å². The first-order valence-corrected chi connectivity index (χ1v) is 7.49. The van der Waals surface area contributed by atoms with Gasteiger partial charge in [0.15, 0.2) is 0 Å². The Morgan fingerprint density at radius 3 is 2.53 bits per heavy atom. The summed E-state index contributed by atoms with van der Waals surface area (Å²) in [5.74, 6) is 0. The molecule has 0 aliphatic carbocycles. The van der Waals surface area contributed by atoms with E-state index >= 15 is 0 Å². The number of anilines is 1. The van der Waals surface area contributed by atoms with Crippen molar-refractivity contribution in [1.82, 2.24) is 0 Å². The topological polar surface area (TPSA) is 12.0 Å². The molecule has 0 aromatic heterocycles. The molecule has 100 valence electrons. The van der Waals surface area contributed by atoms with Crippen LogP contribution in [0.25, 0.3) is 0 Å². The van der Waals surface area contributed by atoms with Crippen molar-refractivity contribution in [2.24, 2.45) is 0 Å². The SMILES string of the molecule is Cc1ccc(Br)cc1NC(C)Cc1ccc(Cl)cc1. The Kier molecular flexibility index (Phi) is 4.89. The number of halogens is 2. The van der Waals surface area contributed by atoms with E-state index in [1.807, 2.05) is 12.1 Å². The molecule has 0 saturated carbocycles. The second-order valence-corrected chi connectivity index (χ2v) is 6.19. The summed E-state index contributed by atoms with van der Waals surface area (Å²) in [5, 5.41) is 4.34. The molecule has 1 nitrogen and oxygen atoms in total. The Balaban J connectivity index is 2.02. The van der Waals surface area contributed by atoms with E-state index in [2.05, 4.69) is 65.4 Å². The maximum Gasteiger partial charge on any atom is 0.0406 e. The molecule has 0 saturated heterocycles. The van der Waals surface area contributed by atoms with Crippen LogP contribution in [-0.2, 0) is 6.42 Å². The molecule has 0 spiro atoms. The highest BCUT2D eigenvalue weighted by Gasteiger charge is 2.06. The highest BCUT2D eigenvalue weighted by molar-refractivity contribution is 9.10. The van der Waals surface area contributed by atoms with Gasteiger partial charge in [0.2, 0.25) is 0 Å². The van der Waals surface area contributed by atoms with Gasteiger partial charge in [0, 0.05) is 21.2 Å². The van der Waals surface area contributed by atoms with Crippen molar-refractivity contribution in [2.75, 3.05) is 5.32 Å². The van der Waals surface area contributed by atoms with E-state index in [4.69, 9.17) is 11.6 Å². The molecule has 2 aromatic carbocycles. The summed E-state index contributed by atoms with van der Waals surface area (Å²) in [6.07, 6.45) is 0.975. The van der Waals surface area contributed by atoms with Crippen LogP contribution in [0.3, 0.4) is 0 Å². The van der Waals surface area contributed by atoms with Crippen molar-refractivity contribution in [3.63, 3.8) is 0 Å². The molecule has 2 aromatic rings. The minimum Gasteiger partial charge on any atom is -0.382 e. The number of rotatable bonds is 4. The molecule has 0 bridgehead atoms. The maximum atomic E-state index is 5.90. The van der Waals surface area contributed by atoms with Gasteiger partial charge in [0.05, 0.1) is 0 Å². The molecule has 2 rings (SSSR count). The summed E-state index contributed by atoms with van der Waals surface area (Å²) in [7, 11) is 0. The summed E-state index contributed by atoms with van der Waals surface area (Å²) < 4.78 is 1.10. The minimum atomic E-state index is 0.370. The molecular weight excluding hydrogens is 322 g/mol. The van der Waals surface area contributed by atoms with Crippen LogP contribution in [0.2, 0.25) is 5.02 Å². The first kappa shape index (κ1) is 14.4. The predicted molar refractivity (Wildman–Crippen MR) is 87.1 cm³/mol. The monoisotopic (exact) mass is 337 g/mol. The van der Waals surface area contributed by atoms with Crippen LogP contribution in [0.4, 0.5) is 5.69 Å². The molecular formula is C16H17BrClN. The number of hydrogen-bond donors (Lipinski definition) is 1. The van der Waals surface area contributed by atoms with Gasteiger partial charge in [-0.2, -0.15) is 0 Å². The van der Waals surface area contributed by atoms with Gasteiger partial charge in [0.1, 0.15) is 0 Å². The summed E-state index contributed by atoms with van der Waals surface area (Å²) >= 11 is 9.40. The van der Waals surface area contributed by atoms with Crippen molar-refractivity contribution < 1.29 is 0 Å². The summed E-state index contributed by atoms with van der Waals surface area (Å²) in [5.41, 5.74) is 3.72. The average molecular weight is 339 g/mol. The lowest BCUT2D eigenvalue weighted by molar-refractivity contribution is 0.789. The largest absolute Gasteiger partial charge is 0.382 e. The van der Waals surface area contributed by atoms with E-state index in [0.29, 0.717) is 6.04 Å². The number of benzene rings is 2. The molecule has 3 heteroatoms. The molecule has 1 unspecified atom stereocenters. The van der Waals surface area contributed by atoms with E-state index in [1.54, 1.807) is 0 Å². The summed E-state index contributed by atoms with van der Waals surface area (Å²) in [4.78, 5) is 0. The van der Waals surface area contributed by atoms with Gasteiger partial charge in [-0.05, 0) is 55.7 Å². The number of aryl methyl sites for hydroxylation is 1. The zero-order valence-electron chi connectivity index (χ0n) is 11.1. The summed E-state index contributed by atoms with van der Waals surface area (Å²) in [6.45, 7) is 4.30. The van der Waals surface area contributed by atoms with Crippen molar-refractivity contribution in [3.8, 4) is 0 Å². The van der Waals surface area contributed by atoms with Crippen molar-refractivity contribution >= 4 is 33.2 Å². The van der Waals surface area contributed by atoms with E-state index in [-0.39, 0.29) is 0 Å². The van der Waals surface area contributed by atoms with Crippen LogP contribution in [0.1, 0.15) is 18.1 Å². The van der Waals surface area contributed by atoms with Gasteiger partial charge in [-0.15, -0.1) is 0 Å². The lowest BCUT2D eigenvalue weighted by atomic mass is 10.1. The zero-order valence-corrected chi connectivity index (χ0v) is 13.4. The van der Waals surface area contributed by atoms with Crippen LogP contribution in [-0.4, -0.2) is 6.04 Å². The van der Waals surface area contributed by atoms with Crippen molar-refractivity contribution in [2.45, 2.75) is 26.3 Å².